The highest BCUT2D eigenvalue weighted by Crippen LogP contribution is 2.37. The van der Waals surface area contributed by atoms with Crippen molar-refractivity contribution in [1.82, 2.24) is 0 Å². The van der Waals surface area contributed by atoms with Crippen LogP contribution in [-0.2, 0) is 9.53 Å². The van der Waals surface area contributed by atoms with Gasteiger partial charge in [0, 0.05) is 6.42 Å². The first kappa shape index (κ1) is 21.0. The van der Waals surface area contributed by atoms with E-state index in [9.17, 15) is 31.1 Å². The van der Waals surface area contributed by atoms with Gasteiger partial charge in [0.05, 0.1) is 25.4 Å². The maximum atomic E-state index is 13.3. The summed E-state index contributed by atoms with van der Waals surface area (Å²) in [5.41, 5.74) is 0. The molecule has 0 spiro atoms. The molecule has 0 aliphatic carbocycles. The Kier molecular flexibility index (Phi) is 8.85. The Morgan fingerprint density at radius 2 is 1.68 bits per heavy atom. The number of unbranched alkanes of at least 4 members (excludes halogenated alkanes) is 1. The quantitative estimate of drug-likeness (QED) is 0.299. The third kappa shape index (κ3) is 9.89. The van der Waals surface area contributed by atoms with Crippen LogP contribution in [0.3, 0.4) is 0 Å². The average Bonchev–Trinajstić information content (AvgIpc) is 2.33. The highest BCUT2D eigenvalue weighted by atomic mass is 19.3. The first-order valence-electron chi connectivity index (χ1n) is 7.19. The van der Waals surface area contributed by atoms with E-state index in [1.807, 2.05) is 0 Å². The maximum Gasteiger partial charge on any atom is 0.308 e. The lowest BCUT2D eigenvalue weighted by atomic mass is 10.0. The lowest BCUT2D eigenvalue weighted by molar-refractivity contribution is -0.148. The molecule has 0 aliphatic rings. The summed E-state index contributed by atoms with van der Waals surface area (Å²) < 4.78 is 81.1. The molecule has 0 bridgehead atoms. The largest absolute Gasteiger partial charge is 0.465 e. The molecule has 0 fully saturated rings. The van der Waals surface area contributed by atoms with Crippen LogP contribution >= 0.6 is 0 Å². The average molecular weight is 336 g/mol. The Hall–Kier alpha value is -0.950. The van der Waals surface area contributed by atoms with Crippen LogP contribution in [0.2, 0.25) is 0 Å². The third-order valence-electron chi connectivity index (χ3n) is 3.17. The van der Waals surface area contributed by atoms with Crippen LogP contribution in [0.1, 0.15) is 52.4 Å². The minimum absolute atomic E-state index is 0.0628. The van der Waals surface area contributed by atoms with Crippen molar-refractivity contribution in [2.24, 2.45) is 5.92 Å². The number of rotatable bonds is 11. The van der Waals surface area contributed by atoms with E-state index < -0.39 is 43.5 Å². The first-order valence-corrected chi connectivity index (χ1v) is 7.19. The topological polar surface area (TPSA) is 26.3 Å². The van der Waals surface area contributed by atoms with Gasteiger partial charge in [0.25, 0.3) is 11.8 Å². The SMILES string of the molecule is CCC(C)C(=O)OCCCCC(F)(F)CC(F)(F)CC(F)F. The van der Waals surface area contributed by atoms with E-state index in [-0.39, 0.29) is 25.4 Å². The second-order valence-electron chi connectivity index (χ2n) is 5.42. The number of carbonyl (C=O) groups excluding carboxylic acids is 1. The summed E-state index contributed by atoms with van der Waals surface area (Å²) in [6, 6.07) is 0. The monoisotopic (exact) mass is 336 g/mol. The van der Waals surface area contributed by atoms with Crippen molar-refractivity contribution in [1.29, 1.82) is 0 Å². The molecule has 0 heterocycles. The number of ether oxygens (including phenoxy) is 1. The normalized spacial score (nSPS) is 14.2. The number of carbonyl (C=O) groups is 1. The second kappa shape index (κ2) is 9.25. The third-order valence-corrected chi connectivity index (χ3v) is 3.17. The lowest BCUT2D eigenvalue weighted by Crippen LogP contribution is -2.31. The molecule has 132 valence electrons. The highest BCUT2D eigenvalue weighted by molar-refractivity contribution is 5.71. The molecule has 0 saturated heterocycles. The molecule has 2 nitrogen and oxygen atoms in total. The van der Waals surface area contributed by atoms with Gasteiger partial charge in [0.1, 0.15) is 0 Å². The van der Waals surface area contributed by atoms with Gasteiger partial charge in [-0.15, -0.1) is 0 Å². The zero-order valence-electron chi connectivity index (χ0n) is 12.7. The van der Waals surface area contributed by atoms with Crippen molar-refractivity contribution >= 4 is 5.97 Å². The van der Waals surface area contributed by atoms with Crippen LogP contribution in [0.4, 0.5) is 26.3 Å². The lowest BCUT2D eigenvalue weighted by Gasteiger charge is -2.23. The van der Waals surface area contributed by atoms with E-state index in [4.69, 9.17) is 4.74 Å². The summed E-state index contributed by atoms with van der Waals surface area (Å²) >= 11 is 0. The number of halogens is 6. The highest BCUT2D eigenvalue weighted by Gasteiger charge is 2.44. The molecule has 0 N–H and O–H groups in total. The van der Waals surface area contributed by atoms with E-state index in [0.717, 1.165) is 0 Å². The van der Waals surface area contributed by atoms with Crippen LogP contribution in [0.25, 0.3) is 0 Å². The molecule has 0 saturated carbocycles. The van der Waals surface area contributed by atoms with Crippen LogP contribution in [-0.4, -0.2) is 30.8 Å². The minimum atomic E-state index is -4.10. The maximum absolute atomic E-state index is 13.3. The van der Waals surface area contributed by atoms with Crippen molar-refractivity contribution in [2.75, 3.05) is 6.61 Å². The predicted octanol–water partition coefficient (Wildman–Crippen LogP) is 5.06. The fourth-order valence-electron chi connectivity index (χ4n) is 1.73. The van der Waals surface area contributed by atoms with Gasteiger partial charge < -0.3 is 4.74 Å². The van der Waals surface area contributed by atoms with Crippen molar-refractivity contribution < 1.29 is 35.9 Å². The van der Waals surface area contributed by atoms with Crippen molar-refractivity contribution in [3.8, 4) is 0 Å². The van der Waals surface area contributed by atoms with Gasteiger partial charge in [-0.3, -0.25) is 4.79 Å². The fraction of sp³-hybridized carbons (Fsp3) is 0.929. The molecule has 0 aromatic carbocycles. The number of alkyl halides is 6. The molecule has 0 aromatic heterocycles. The van der Waals surface area contributed by atoms with Crippen LogP contribution in [0.5, 0.6) is 0 Å². The van der Waals surface area contributed by atoms with Crippen molar-refractivity contribution in [3.63, 3.8) is 0 Å². The van der Waals surface area contributed by atoms with Gasteiger partial charge in [-0.2, -0.15) is 0 Å². The summed E-state index contributed by atoms with van der Waals surface area (Å²) in [7, 11) is 0. The standard InChI is InChI=1S/C14H22F6O2/c1-3-10(2)12(21)22-7-5-4-6-13(17,18)9-14(19,20)8-11(15)16/h10-11H,3-9H2,1-2H3. The molecule has 0 rings (SSSR count). The smallest absolute Gasteiger partial charge is 0.308 e. The zero-order valence-corrected chi connectivity index (χ0v) is 12.7. The Balaban J connectivity index is 4.01. The predicted molar refractivity (Wildman–Crippen MR) is 69.4 cm³/mol. The molecular formula is C14H22F6O2. The van der Waals surface area contributed by atoms with E-state index >= 15 is 0 Å². The van der Waals surface area contributed by atoms with Gasteiger partial charge >= 0.3 is 5.97 Å². The van der Waals surface area contributed by atoms with Crippen molar-refractivity contribution in [3.05, 3.63) is 0 Å². The van der Waals surface area contributed by atoms with Gasteiger partial charge in [0.2, 0.25) is 6.43 Å². The zero-order chi connectivity index (χ0) is 17.4. The summed E-state index contributed by atoms with van der Waals surface area (Å²) in [6.07, 6.45) is -7.37. The molecule has 0 aliphatic heterocycles. The van der Waals surface area contributed by atoms with E-state index in [2.05, 4.69) is 0 Å². The van der Waals surface area contributed by atoms with Gasteiger partial charge in [-0.1, -0.05) is 13.8 Å². The molecular weight excluding hydrogens is 314 g/mol. The molecule has 0 aromatic rings. The van der Waals surface area contributed by atoms with Gasteiger partial charge in [0.15, 0.2) is 0 Å². The van der Waals surface area contributed by atoms with Crippen LogP contribution in [0.15, 0.2) is 0 Å². The molecule has 8 heteroatoms. The van der Waals surface area contributed by atoms with Crippen molar-refractivity contribution in [2.45, 2.75) is 70.6 Å². The number of esters is 1. The first-order chi connectivity index (χ1) is 9.99. The Morgan fingerprint density at radius 3 is 2.18 bits per heavy atom. The molecule has 1 unspecified atom stereocenters. The summed E-state index contributed by atoms with van der Waals surface area (Å²) in [4.78, 5) is 11.3. The summed E-state index contributed by atoms with van der Waals surface area (Å²) in [6.45, 7) is 3.40. The second-order valence-corrected chi connectivity index (χ2v) is 5.42. The molecule has 1 atom stereocenters. The number of hydrogen-bond acceptors (Lipinski definition) is 2. The van der Waals surface area contributed by atoms with Crippen LogP contribution < -0.4 is 0 Å². The molecule has 22 heavy (non-hydrogen) atoms. The summed E-state index contributed by atoms with van der Waals surface area (Å²) in [5, 5.41) is 0. The Labute approximate surface area is 126 Å². The minimum Gasteiger partial charge on any atom is -0.465 e. The Morgan fingerprint density at radius 1 is 1.09 bits per heavy atom. The van der Waals surface area contributed by atoms with E-state index in [0.29, 0.717) is 6.42 Å². The molecule has 0 amide bonds. The van der Waals surface area contributed by atoms with E-state index in [1.54, 1.807) is 13.8 Å². The molecule has 0 radical (unpaired) electrons. The van der Waals surface area contributed by atoms with E-state index in [1.165, 1.54) is 0 Å². The van der Waals surface area contributed by atoms with Gasteiger partial charge in [-0.25, -0.2) is 26.3 Å². The van der Waals surface area contributed by atoms with Crippen LogP contribution in [0, 0.1) is 5.92 Å². The Bertz CT molecular complexity index is 333. The summed E-state index contributed by atoms with van der Waals surface area (Å²) in [5.74, 6) is -8.54. The van der Waals surface area contributed by atoms with Gasteiger partial charge in [-0.05, 0) is 19.3 Å². The fourth-order valence-corrected chi connectivity index (χ4v) is 1.73. The number of hydrogen-bond donors (Lipinski definition) is 0.